The molecule has 0 unspecified atom stereocenters. The van der Waals surface area contributed by atoms with E-state index in [1.807, 2.05) is 12.1 Å². The van der Waals surface area contributed by atoms with Gasteiger partial charge in [-0.3, -0.25) is 14.5 Å². The molecule has 0 aromatic carbocycles. The van der Waals surface area contributed by atoms with Crippen LogP contribution in [0.4, 0.5) is 0 Å². The lowest BCUT2D eigenvalue weighted by Gasteiger charge is -2.23. The Morgan fingerprint density at radius 3 is 2.62 bits per heavy atom. The third kappa shape index (κ3) is 5.65. The highest BCUT2D eigenvalue weighted by atomic mass is 35.5. The van der Waals surface area contributed by atoms with Crippen LogP contribution in [-0.4, -0.2) is 53.5 Å². The molecule has 0 aliphatic heterocycles. The topological polar surface area (TPSA) is 60.9 Å². The molecule has 7 heteroatoms. The number of carbonyl (C=O) groups excluding carboxylic acids is 1. The minimum Gasteiger partial charge on any atom is -0.480 e. The summed E-state index contributed by atoms with van der Waals surface area (Å²) in [6.45, 7) is 1.26. The van der Waals surface area contributed by atoms with E-state index in [1.165, 1.54) is 11.3 Å². The molecule has 1 heterocycles. The molecule has 0 spiro atoms. The van der Waals surface area contributed by atoms with E-state index in [0.29, 0.717) is 23.3 Å². The van der Waals surface area contributed by atoms with Gasteiger partial charge in [0.05, 0.1) is 24.0 Å². The molecule has 1 aliphatic carbocycles. The monoisotopic (exact) mass is 330 g/mol. The van der Waals surface area contributed by atoms with Gasteiger partial charge >= 0.3 is 5.97 Å². The molecule has 1 aromatic heterocycles. The Hall–Kier alpha value is -1.11. The van der Waals surface area contributed by atoms with Crippen LogP contribution in [0.25, 0.3) is 0 Å². The van der Waals surface area contributed by atoms with Gasteiger partial charge in [-0.2, -0.15) is 0 Å². The van der Waals surface area contributed by atoms with Gasteiger partial charge < -0.3 is 10.0 Å². The maximum absolute atomic E-state index is 12.2. The van der Waals surface area contributed by atoms with Gasteiger partial charge in [-0.05, 0) is 30.9 Å². The Balaban J connectivity index is 1.85. The number of aliphatic carboxylic acids is 1. The van der Waals surface area contributed by atoms with E-state index in [2.05, 4.69) is 0 Å². The summed E-state index contributed by atoms with van der Waals surface area (Å²) in [6.07, 6.45) is 2.27. The van der Waals surface area contributed by atoms with Gasteiger partial charge in [-0.1, -0.05) is 11.6 Å². The predicted molar refractivity (Wildman–Crippen MR) is 82.6 cm³/mol. The van der Waals surface area contributed by atoms with Gasteiger partial charge in [0.25, 0.3) is 0 Å². The van der Waals surface area contributed by atoms with Crippen molar-refractivity contribution in [1.82, 2.24) is 9.80 Å². The van der Waals surface area contributed by atoms with Crippen LogP contribution >= 0.6 is 22.9 Å². The molecule has 2 rings (SSSR count). The van der Waals surface area contributed by atoms with Crippen LogP contribution < -0.4 is 0 Å². The minimum atomic E-state index is -0.892. The summed E-state index contributed by atoms with van der Waals surface area (Å²) in [7, 11) is 1.73. The molecule has 1 aliphatic rings. The van der Waals surface area contributed by atoms with Crippen molar-refractivity contribution in [2.24, 2.45) is 5.92 Å². The summed E-state index contributed by atoms with van der Waals surface area (Å²) >= 11 is 7.32. The van der Waals surface area contributed by atoms with Crippen molar-refractivity contribution in [2.75, 3.05) is 26.7 Å². The quantitative estimate of drug-likeness (QED) is 0.793. The van der Waals surface area contributed by atoms with E-state index >= 15 is 0 Å². The largest absolute Gasteiger partial charge is 0.480 e. The van der Waals surface area contributed by atoms with Gasteiger partial charge in [0.1, 0.15) is 0 Å². The molecule has 1 aromatic rings. The van der Waals surface area contributed by atoms with E-state index in [1.54, 1.807) is 16.8 Å². The molecular formula is C14H19ClN2O3S. The average Bonchev–Trinajstić information content (AvgIpc) is 3.10. The number of carboxylic acid groups (broad SMARTS) is 1. The molecule has 0 atom stereocenters. The molecule has 0 bridgehead atoms. The zero-order valence-corrected chi connectivity index (χ0v) is 13.5. The molecule has 0 saturated heterocycles. The third-order valence-corrected chi connectivity index (χ3v) is 4.59. The lowest BCUT2D eigenvalue weighted by molar-refractivity contribution is -0.139. The molecule has 1 amide bonds. The predicted octanol–water partition coefficient (Wildman–Crippen LogP) is 2.16. The fourth-order valence-electron chi connectivity index (χ4n) is 2.11. The van der Waals surface area contributed by atoms with Crippen molar-refractivity contribution in [1.29, 1.82) is 0 Å². The summed E-state index contributed by atoms with van der Waals surface area (Å²) < 4.78 is 0.701. The number of hydrogen-bond acceptors (Lipinski definition) is 4. The fourth-order valence-corrected chi connectivity index (χ4v) is 3.25. The SMILES string of the molecule is CN(Cc1ccc(Cl)s1)C(=O)CN(CC(=O)O)CC1CC1. The first kappa shape index (κ1) is 16.3. The summed E-state index contributed by atoms with van der Waals surface area (Å²) in [5.74, 6) is -0.406. The first-order valence-electron chi connectivity index (χ1n) is 6.86. The number of carbonyl (C=O) groups is 2. The van der Waals surface area contributed by atoms with Crippen LogP contribution in [-0.2, 0) is 16.1 Å². The molecule has 116 valence electrons. The van der Waals surface area contributed by atoms with Crippen molar-refractivity contribution >= 4 is 34.8 Å². The molecule has 5 nitrogen and oxygen atoms in total. The number of hydrogen-bond donors (Lipinski definition) is 1. The number of carboxylic acids is 1. The van der Waals surface area contributed by atoms with Crippen LogP contribution in [0.3, 0.4) is 0 Å². The van der Waals surface area contributed by atoms with Crippen LogP contribution in [0.5, 0.6) is 0 Å². The average molecular weight is 331 g/mol. The van der Waals surface area contributed by atoms with E-state index < -0.39 is 5.97 Å². The third-order valence-electron chi connectivity index (χ3n) is 3.38. The van der Waals surface area contributed by atoms with E-state index in [9.17, 15) is 9.59 Å². The van der Waals surface area contributed by atoms with Gasteiger partial charge in [0.15, 0.2) is 0 Å². The fraction of sp³-hybridized carbons (Fsp3) is 0.571. The minimum absolute atomic E-state index is 0.0681. The highest BCUT2D eigenvalue weighted by molar-refractivity contribution is 7.16. The molecule has 0 radical (unpaired) electrons. The lowest BCUT2D eigenvalue weighted by Crippen LogP contribution is -2.41. The van der Waals surface area contributed by atoms with E-state index in [4.69, 9.17) is 16.7 Å². The number of thiophene rings is 1. The molecular weight excluding hydrogens is 312 g/mol. The summed E-state index contributed by atoms with van der Waals surface area (Å²) in [4.78, 5) is 27.4. The van der Waals surface area contributed by atoms with Gasteiger partial charge in [0.2, 0.25) is 5.91 Å². The molecule has 1 saturated carbocycles. The Labute approximate surface area is 133 Å². The molecule has 1 N–H and O–H groups in total. The first-order valence-corrected chi connectivity index (χ1v) is 8.06. The van der Waals surface area contributed by atoms with Crippen LogP contribution in [0.1, 0.15) is 17.7 Å². The number of rotatable bonds is 8. The number of likely N-dealkylation sites (N-methyl/N-ethyl adjacent to an activating group) is 1. The summed E-state index contributed by atoms with van der Waals surface area (Å²) in [5, 5.41) is 8.93. The highest BCUT2D eigenvalue weighted by Gasteiger charge is 2.27. The van der Waals surface area contributed by atoms with Gasteiger partial charge in [-0.25, -0.2) is 0 Å². The van der Waals surface area contributed by atoms with Gasteiger partial charge in [0, 0.05) is 18.5 Å². The van der Waals surface area contributed by atoms with E-state index in [-0.39, 0.29) is 19.0 Å². The zero-order chi connectivity index (χ0) is 15.4. The Morgan fingerprint density at radius 2 is 2.10 bits per heavy atom. The summed E-state index contributed by atoms with van der Waals surface area (Å²) in [5.41, 5.74) is 0. The smallest absolute Gasteiger partial charge is 0.317 e. The zero-order valence-electron chi connectivity index (χ0n) is 11.9. The molecule has 1 fully saturated rings. The summed E-state index contributed by atoms with van der Waals surface area (Å²) in [6, 6.07) is 3.71. The number of nitrogens with zero attached hydrogens (tertiary/aromatic N) is 2. The van der Waals surface area contributed by atoms with Crippen LogP contribution in [0.15, 0.2) is 12.1 Å². The van der Waals surface area contributed by atoms with Crippen molar-refractivity contribution in [3.05, 3.63) is 21.3 Å². The van der Waals surface area contributed by atoms with Gasteiger partial charge in [-0.15, -0.1) is 11.3 Å². The van der Waals surface area contributed by atoms with Crippen LogP contribution in [0, 0.1) is 5.92 Å². The Morgan fingerprint density at radius 1 is 1.38 bits per heavy atom. The Kier molecular flexibility index (Phi) is 5.61. The van der Waals surface area contributed by atoms with Crippen LogP contribution in [0.2, 0.25) is 4.34 Å². The number of amides is 1. The van der Waals surface area contributed by atoms with Crippen molar-refractivity contribution in [3.8, 4) is 0 Å². The normalized spacial score (nSPS) is 14.4. The van der Waals surface area contributed by atoms with E-state index in [0.717, 1.165) is 17.7 Å². The second-order valence-corrected chi connectivity index (χ2v) is 7.26. The van der Waals surface area contributed by atoms with Crippen molar-refractivity contribution in [3.63, 3.8) is 0 Å². The maximum Gasteiger partial charge on any atom is 0.317 e. The Bertz CT molecular complexity index is 516. The highest BCUT2D eigenvalue weighted by Crippen LogP contribution is 2.29. The standard InChI is InChI=1S/C14H19ClN2O3S/c1-16(7-11-4-5-12(15)21-11)13(18)8-17(9-14(19)20)6-10-2-3-10/h4-5,10H,2-3,6-9H2,1H3,(H,19,20). The second-order valence-electron chi connectivity index (χ2n) is 5.46. The first-order chi connectivity index (χ1) is 9.94. The van der Waals surface area contributed by atoms with Crippen molar-refractivity contribution in [2.45, 2.75) is 19.4 Å². The van der Waals surface area contributed by atoms with Crippen molar-refractivity contribution < 1.29 is 14.7 Å². The maximum atomic E-state index is 12.2. The number of halogens is 1. The molecule has 21 heavy (non-hydrogen) atoms. The second kappa shape index (κ2) is 7.24. The lowest BCUT2D eigenvalue weighted by atomic mass is 10.3.